The predicted molar refractivity (Wildman–Crippen MR) is 454 cm³/mol. The van der Waals surface area contributed by atoms with Crippen molar-refractivity contribution in [3.63, 3.8) is 0 Å². The van der Waals surface area contributed by atoms with Crippen molar-refractivity contribution < 1.29 is 40.9 Å². The molecule has 0 atom stereocenters. The number of hydrogen-bond donors (Lipinski definition) is 8. The Morgan fingerprint density at radius 2 is 0.232 bits per heavy atom. The maximum Gasteiger partial charge on any atom is 0.119 e. The summed E-state index contributed by atoms with van der Waals surface area (Å²) in [4.78, 5) is 0. The number of benzene rings is 8. The summed E-state index contributed by atoms with van der Waals surface area (Å²) in [6.45, 7) is 19.3. The van der Waals surface area contributed by atoms with Crippen molar-refractivity contribution in [1.29, 1.82) is 0 Å². The predicted octanol–water partition coefficient (Wildman–Crippen LogP) is 25.0. The smallest absolute Gasteiger partial charge is 0.119 e. The minimum atomic E-state index is -0.137. The molecule has 112 heavy (non-hydrogen) atoms. The fourth-order valence-corrected chi connectivity index (χ4v) is 25.2. The standard InChI is InChI=1S/C104H128O8/c1-97(25-9-10-26-97)81-49-73-45-74-50-83(99(3)29-13-14-30-99)67(59-91(74)107)42-68-60-93(109)77(53-85(68)101(5)33-17-18-34-101)47-78-54-87(103(7)37-21-22-38-103)71(63-95(78)111)44-72-64-96(112)80(56-88(72)104(8)39-23-24-40-104)48-79-55-86(102(6)35-19-20-36-102)70(62-94(79)110)43-69-61-92(108)76(52-84(69)100(4)31-15-16-32-100)46-75-51-82(98(2)27-11-12-28-98)66(58-90(75)106)41-65(81)57-89(73)105/h49-64,105-112H,9-48H2,1-8H3. The summed E-state index contributed by atoms with van der Waals surface area (Å²) in [6.07, 6.45) is 38.3. The summed E-state index contributed by atoms with van der Waals surface area (Å²) >= 11 is 0. The lowest BCUT2D eigenvalue weighted by molar-refractivity contribution is 0.452. The van der Waals surface area contributed by atoms with E-state index in [-0.39, 0.29) is 89.3 Å². The highest BCUT2D eigenvalue weighted by Gasteiger charge is 2.43. The number of aromatic hydroxyl groups is 8. The van der Waals surface area contributed by atoms with Gasteiger partial charge >= 0.3 is 0 Å². The van der Waals surface area contributed by atoms with E-state index in [1.807, 2.05) is 48.5 Å². The molecule has 8 fully saturated rings. The monoisotopic (exact) mass is 1500 g/mol. The van der Waals surface area contributed by atoms with E-state index in [0.717, 1.165) is 294 Å². The molecule has 0 radical (unpaired) electrons. The first-order valence-electron chi connectivity index (χ1n) is 44.3. The number of rotatable bonds is 8. The number of hydrogen-bond acceptors (Lipinski definition) is 8. The largest absolute Gasteiger partial charge is 0.508 e. The Morgan fingerprint density at radius 3 is 0.330 bits per heavy atom. The van der Waals surface area contributed by atoms with Crippen LogP contribution in [0, 0.1) is 0 Å². The lowest BCUT2D eigenvalue weighted by atomic mass is 9.72. The zero-order valence-corrected chi connectivity index (χ0v) is 69.1. The molecule has 8 N–H and O–H groups in total. The maximum absolute atomic E-state index is 12.7. The fraction of sp³-hybridized carbons (Fsp3) is 0.538. The van der Waals surface area contributed by atoms with E-state index in [9.17, 15) is 40.9 Å². The zero-order chi connectivity index (χ0) is 78.1. The summed E-state index contributed by atoms with van der Waals surface area (Å²) in [5.74, 6) is 1.76. The molecule has 30 aliphatic rings. The zero-order valence-electron chi connectivity index (χ0n) is 69.1. The molecule has 8 aromatic carbocycles. The van der Waals surface area contributed by atoms with E-state index >= 15 is 0 Å². The Bertz CT molecular complexity index is 4030. The Kier molecular flexibility index (Phi) is 20.0. The highest BCUT2D eigenvalue weighted by molar-refractivity contribution is 5.62. The summed E-state index contributed by atoms with van der Waals surface area (Å²) < 4.78 is 0. The third-order valence-electron chi connectivity index (χ3n) is 32.3. The van der Waals surface area contributed by atoms with Crippen LogP contribution < -0.4 is 0 Å². The Labute approximate surface area is 669 Å². The first kappa shape index (κ1) is 76.8. The summed E-state index contributed by atoms with van der Waals surface area (Å²) in [7, 11) is 0. The molecule has 592 valence electrons. The molecule has 8 nitrogen and oxygen atoms in total. The molecule has 8 saturated carbocycles. The van der Waals surface area contributed by atoms with Crippen LogP contribution in [0.4, 0.5) is 0 Å². The number of phenolic OH excluding ortho intramolecular Hbond substituents is 8. The van der Waals surface area contributed by atoms with E-state index < -0.39 is 0 Å². The molecule has 0 unspecified atom stereocenters. The van der Waals surface area contributed by atoms with Crippen molar-refractivity contribution in [1.82, 2.24) is 0 Å². The highest BCUT2D eigenvalue weighted by atomic mass is 16.3. The normalized spacial score (nSPS) is 22.1. The topological polar surface area (TPSA) is 162 Å². The molecular formula is C104H128O8. The van der Waals surface area contributed by atoms with Gasteiger partial charge in [0, 0.05) is 25.7 Å². The van der Waals surface area contributed by atoms with E-state index in [1.165, 1.54) is 44.5 Å². The average Bonchev–Trinajstić information content (AvgIpc) is 1.12. The maximum atomic E-state index is 12.7. The molecule has 38 rings (SSSR count). The Balaban J connectivity index is 0.835. The van der Waals surface area contributed by atoms with Gasteiger partial charge in [0.15, 0.2) is 0 Å². The second-order valence-electron chi connectivity index (χ2n) is 40.7. The SMILES string of the molecule is CC1(c2cc3c(O)cc2Cc2cc(O)c(cc2C2(C)CCCC2)Cc2cc(C4(C)CCCC4)c(cc2O)Cc2cc(O)c(cc2C2(C)CCCC2)Cc2cc(C4(C)CCCC4)c(cc2O)Cc2cc(O)c(cc2C2(C)CCCC2)Cc2cc(C4(C)CCCC4)c(cc2O)Cc2cc(O)c(cc2C2(C)CCCC2)C3)CCCC1. The van der Waals surface area contributed by atoms with Crippen LogP contribution >= 0.6 is 0 Å². The van der Waals surface area contributed by atoms with Gasteiger partial charge in [-0.05, 0) is 354 Å². The second kappa shape index (κ2) is 29.2. The highest BCUT2D eigenvalue weighted by Crippen LogP contribution is 2.56. The van der Waals surface area contributed by atoms with E-state index in [0.29, 0.717) is 51.4 Å². The molecule has 0 aliphatic heterocycles. The quantitative estimate of drug-likeness (QED) is 0.0746. The van der Waals surface area contributed by atoms with Gasteiger partial charge in [-0.3, -0.25) is 0 Å². The second-order valence-corrected chi connectivity index (χ2v) is 40.7. The molecule has 30 aliphatic carbocycles. The van der Waals surface area contributed by atoms with Crippen molar-refractivity contribution in [2.45, 2.75) is 356 Å². The van der Waals surface area contributed by atoms with Gasteiger partial charge < -0.3 is 40.9 Å². The van der Waals surface area contributed by atoms with Gasteiger partial charge in [0.2, 0.25) is 0 Å². The van der Waals surface area contributed by atoms with Gasteiger partial charge in [-0.25, -0.2) is 0 Å². The Morgan fingerprint density at radius 1 is 0.143 bits per heavy atom. The van der Waals surface area contributed by atoms with Gasteiger partial charge in [-0.15, -0.1) is 0 Å². The average molecular weight is 1510 g/mol. The van der Waals surface area contributed by atoms with E-state index in [2.05, 4.69) is 104 Å². The van der Waals surface area contributed by atoms with Crippen LogP contribution in [0.25, 0.3) is 0 Å². The molecule has 0 saturated heterocycles. The molecule has 16 bridgehead atoms. The van der Waals surface area contributed by atoms with Gasteiger partial charge in [-0.2, -0.15) is 0 Å². The molecule has 0 spiro atoms. The lowest BCUT2D eigenvalue weighted by Crippen LogP contribution is -2.23. The molecule has 0 heterocycles. The fourth-order valence-electron chi connectivity index (χ4n) is 25.2. The van der Waals surface area contributed by atoms with Gasteiger partial charge in [0.05, 0.1) is 0 Å². The molecule has 0 aromatic heterocycles. The van der Waals surface area contributed by atoms with Crippen LogP contribution in [0.1, 0.15) is 394 Å². The summed E-state index contributed by atoms with van der Waals surface area (Å²) in [5.41, 5.74) is 23.9. The van der Waals surface area contributed by atoms with Crippen LogP contribution in [0.2, 0.25) is 0 Å². The lowest BCUT2D eigenvalue weighted by Gasteiger charge is -2.32. The van der Waals surface area contributed by atoms with Crippen molar-refractivity contribution in [2.75, 3.05) is 0 Å². The third-order valence-corrected chi connectivity index (χ3v) is 32.3. The van der Waals surface area contributed by atoms with Crippen molar-refractivity contribution in [2.24, 2.45) is 0 Å². The Hall–Kier alpha value is -7.84. The van der Waals surface area contributed by atoms with Crippen LogP contribution in [0.15, 0.2) is 97.1 Å². The van der Waals surface area contributed by atoms with Gasteiger partial charge in [-0.1, -0.05) is 207 Å². The molecular weight excluding hydrogens is 1380 g/mol. The minimum absolute atomic E-state index is 0.137. The van der Waals surface area contributed by atoms with Gasteiger partial charge in [0.25, 0.3) is 0 Å². The number of phenols is 8. The van der Waals surface area contributed by atoms with Crippen molar-refractivity contribution >= 4 is 0 Å². The van der Waals surface area contributed by atoms with Crippen molar-refractivity contribution in [3.05, 3.63) is 231 Å². The summed E-state index contributed by atoms with van der Waals surface area (Å²) in [6, 6.07) is 34.5. The van der Waals surface area contributed by atoms with Crippen LogP contribution in [-0.4, -0.2) is 40.9 Å². The molecule has 8 aromatic rings. The third kappa shape index (κ3) is 14.1. The van der Waals surface area contributed by atoms with Crippen LogP contribution in [0.3, 0.4) is 0 Å². The molecule has 0 amide bonds. The minimum Gasteiger partial charge on any atom is -0.508 e. The van der Waals surface area contributed by atoms with Crippen LogP contribution in [-0.2, 0) is 94.7 Å². The van der Waals surface area contributed by atoms with Gasteiger partial charge in [0.1, 0.15) is 46.0 Å². The first-order chi connectivity index (χ1) is 53.5. The van der Waals surface area contributed by atoms with Crippen molar-refractivity contribution in [3.8, 4) is 46.0 Å². The van der Waals surface area contributed by atoms with E-state index in [4.69, 9.17) is 0 Å². The first-order valence-corrected chi connectivity index (χ1v) is 44.3. The van der Waals surface area contributed by atoms with Crippen LogP contribution in [0.5, 0.6) is 46.0 Å². The molecule has 8 heteroatoms. The summed E-state index contributed by atoms with van der Waals surface area (Å²) in [5, 5.41) is 102. The van der Waals surface area contributed by atoms with E-state index in [1.54, 1.807) is 0 Å².